The van der Waals surface area contributed by atoms with Gasteiger partial charge in [0.2, 0.25) is 0 Å². The van der Waals surface area contributed by atoms with Crippen molar-refractivity contribution in [3.8, 4) is 0 Å². The monoisotopic (exact) mass is 384 g/mol. The van der Waals surface area contributed by atoms with Crippen LogP contribution in [0.15, 0.2) is 0 Å². The Morgan fingerprint density at radius 1 is 0.375 bits per heavy atom. The summed E-state index contributed by atoms with van der Waals surface area (Å²) in [6.07, 6.45) is 2.92. The first-order valence-electron chi connectivity index (χ1n) is 9.01. The number of rotatable bonds is 16. The van der Waals surface area contributed by atoms with E-state index in [1.54, 1.807) is 0 Å². The molecule has 0 rings (SSSR count). The first-order valence-corrected chi connectivity index (χ1v) is 10.3. The van der Waals surface area contributed by atoms with Gasteiger partial charge in [-0.05, 0) is 75.7 Å². The summed E-state index contributed by atoms with van der Waals surface area (Å²) in [6, 6.07) is 0. The predicted molar refractivity (Wildman–Crippen MR) is 104 cm³/mol. The summed E-state index contributed by atoms with van der Waals surface area (Å²) < 4.78 is 0. The Balaban J connectivity index is 3.68. The number of thiol groups is 2. The van der Waals surface area contributed by atoms with E-state index in [1.165, 1.54) is 0 Å². The van der Waals surface area contributed by atoms with E-state index in [4.69, 9.17) is 0 Å². The third-order valence-corrected chi connectivity index (χ3v) is 4.77. The molecule has 0 saturated carbocycles. The second-order valence-corrected chi connectivity index (χ2v) is 7.50. The highest BCUT2D eigenvalue weighted by molar-refractivity contribution is 7.80. The standard InChI is InChI=1S/C17H36O5S2/c18-13(1-3-14(19)5-7-16(21)9-11-23)2-4-15(20)6-8-17(22)10-12-24/h13-24H,1-12H2. The smallest absolute Gasteiger partial charge is 0.0549 e. The number of aliphatic hydroxyl groups is 5. The topological polar surface area (TPSA) is 101 Å². The van der Waals surface area contributed by atoms with Gasteiger partial charge in [-0.2, -0.15) is 25.3 Å². The van der Waals surface area contributed by atoms with E-state index < -0.39 is 30.5 Å². The van der Waals surface area contributed by atoms with Gasteiger partial charge in [-0.3, -0.25) is 0 Å². The predicted octanol–water partition coefficient (Wildman–Crippen LogP) is 1.55. The van der Waals surface area contributed by atoms with E-state index in [2.05, 4.69) is 25.3 Å². The van der Waals surface area contributed by atoms with Crippen molar-refractivity contribution in [1.82, 2.24) is 0 Å². The molecule has 0 aromatic carbocycles. The molecule has 0 heterocycles. The van der Waals surface area contributed by atoms with Crippen molar-refractivity contribution < 1.29 is 25.5 Å². The zero-order valence-corrected chi connectivity index (χ0v) is 16.3. The van der Waals surface area contributed by atoms with Crippen molar-refractivity contribution in [3.05, 3.63) is 0 Å². The molecule has 0 radical (unpaired) electrons. The molecule has 0 aromatic rings. The fraction of sp³-hybridized carbons (Fsp3) is 1.00. The van der Waals surface area contributed by atoms with Gasteiger partial charge in [-0.15, -0.1) is 0 Å². The van der Waals surface area contributed by atoms with Crippen LogP contribution in [0.3, 0.4) is 0 Å². The molecular formula is C17H36O5S2. The second-order valence-electron chi connectivity index (χ2n) is 6.60. The van der Waals surface area contributed by atoms with Crippen LogP contribution < -0.4 is 0 Å². The van der Waals surface area contributed by atoms with Crippen molar-refractivity contribution in [1.29, 1.82) is 0 Å². The third-order valence-electron chi connectivity index (χ3n) is 4.26. The van der Waals surface area contributed by atoms with Crippen LogP contribution in [0.1, 0.15) is 64.2 Å². The van der Waals surface area contributed by atoms with Crippen LogP contribution in [0.4, 0.5) is 0 Å². The minimum atomic E-state index is -0.543. The van der Waals surface area contributed by atoms with E-state index in [-0.39, 0.29) is 0 Å². The number of hydrogen-bond donors (Lipinski definition) is 7. The van der Waals surface area contributed by atoms with E-state index in [9.17, 15) is 25.5 Å². The lowest BCUT2D eigenvalue weighted by atomic mass is 9.98. The molecule has 146 valence electrons. The van der Waals surface area contributed by atoms with Crippen molar-refractivity contribution in [2.24, 2.45) is 0 Å². The Kier molecular flexibility index (Phi) is 16.1. The van der Waals surface area contributed by atoms with Crippen LogP contribution in [0.2, 0.25) is 0 Å². The molecule has 0 amide bonds. The molecule has 5 nitrogen and oxygen atoms in total. The highest BCUT2D eigenvalue weighted by Crippen LogP contribution is 2.15. The molecule has 0 saturated heterocycles. The quantitative estimate of drug-likeness (QED) is 0.205. The van der Waals surface area contributed by atoms with E-state index in [1.807, 2.05) is 0 Å². The number of aliphatic hydroxyl groups excluding tert-OH is 5. The van der Waals surface area contributed by atoms with Crippen LogP contribution in [0, 0.1) is 0 Å². The molecule has 0 spiro atoms. The molecule has 7 heteroatoms. The second kappa shape index (κ2) is 15.7. The summed E-state index contributed by atoms with van der Waals surface area (Å²) in [6.45, 7) is 0. The Bertz CT molecular complexity index is 258. The van der Waals surface area contributed by atoms with E-state index in [0.717, 1.165) is 0 Å². The number of hydrogen-bond acceptors (Lipinski definition) is 7. The lowest BCUT2D eigenvalue weighted by molar-refractivity contribution is 0.0691. The van der Waals surface area contributed by atoms with Gasteiger partial charge in [0.15, 0.2) is 0 Å². The van der Waals surface area contributed by atoms with E-state index in [0.29, 0.717) is 75.7 Å². The average Bonchev–Trinajstić information content (AvgIpc) is 2.54. The molecule has 0 bridgehead atoms. The van der Waals surface area contributed by atoms with Crippen molar-refractivity contribution in [2.45, 2.75) is 94.7 Å². The summed E-state index contributed by atoms with van der Waals surface area (Å²) in [4.78, 5) is 0. The Labute approximate surface area is 157 Å². The lowest BCUT2D eigenvalue weighted by Crippen LogP contribution is -2.18. The van der Waals surface area contributed by atoms with Gasteiger partial charge in [-0.25, -0.2) is 0 Å². The molecule has 4 atom stereocenters. The van der Waals surface area contributed by atoms with Crippen molar-refractivity contribution in [3.63, 3.8) is 0 Å². The van der Waals surface area contributed by atoms with Gasteiger partial charge in [0.1, 0.15) is 0 Å². The maximum absolute atomic E-state index is 9.93. The highest BCUT2D eigenvalue weighted by Gasteiger charge is 2.14. The normalized spacial score (nSPS) is 18.1. The molecular weight excluding hydrogens is 348 g/mol. The third kappa shape index (κ3) is 14.8. The molecule has 24 heavy (non-hydrogen) atoms. The van der Waals surface area contributed by atoms with Crippen molar-refractivity contribution in [2.75, 3.05) is 11.5 Å². The molecule has 4 unspecified atom stereocenters. The minimum Gasteiger partial charge on any atom is -0.393 e. The van der Waals surface area contributed by atoms with Gasteiger partial charge in [0.05, 0.1) is 30.5 Å². The lowest BCUT2D eigenvalue weighted by Gasteiger charge is -2.18. The zero-order valence-electron chi connectivity index (χ0n) is 14.5. The average molecular weight is 385 g/mol. The Morgan fingerprint density at radius 2 is 0.542 bits per heavy atom. The maximum Gasteiger partial charge on any atom is 0.0549 e. The summed E-state index contributed by atoms with van der Waals surface area (Å²) in [7, 11) is 0. The van der Waals surface area contributed by atoms with Gasteiger partial charge in [-0.1, -0.05) is 0 Å². The maximum atomic E-state index is 9.93. The van der Waals surface area contributed by atoms with Gasteiger partial charge < -0.3 is 25.5 Å². The molecule has 5 N–H and O–H groups in total. The fourth-order valence-electron chi connectivity index (χ4n) is 2.56. The largest absolute Gasteiger partial charge is 0.393 e. The molecule has 0 fully saturated rings. The summed E-state index contributed by atoms with van der Waals surface area (Å²) in [5, 5.41) is 48.8. The molecule has 0 aliphatic carbocycles. The highest BCUT2D eigenvalue weighted by atomic mass is 32.1. The molecule has 0 aliphatic rings. The first kappa shape index (κ1) is 24.5. The van der Waals surface area contributed by atoms with Crippen LogP contribution in [0.5, 0.6) is 0 Å². The summed E-state index contributed by atoms with van der Waals surface area (Å²) in [5.41, 5.74) is 0. The van der Waals surface area contributed by atoms with Crippen LogP contribution >= 0.6 is 25.3 Å². The van der Waals surface area contributed by atoms with Crippen LogP contribution in [-0.2, 0) is 0 Å². The van der Waals surface area contributed by atoms with Gasteiger partial charge in [0.25, 0.3) is 0 Å². The fourth-order valence-corrected chi connectivity index (χ4v) is 3.15. The van der Waals surface area contributed by atoms with Crippen molar-refractivity contribution >= 4 is 25.3 Å². The SMILES string of the molecule is OC(CCS)CCC(O)CCC(O)CCC(O)CCC(O)CCS. The Hall–Kier alpha value is 0.500. The Morgan fingerprint density at radius 3 is 0.708 bits per heavy atom. The van der Waals surface area contributed by atoms with Gasteiger partial charge >= 0.3 is 0 Å². The molecule has 0 aliphatic heterocycles. The first-order chi connectivity index (χ1) is 11.4. The zero-order chi connectivity index (χ0) is 18.4. The summed E-state index contributed by atoms with van der Waals surface area (Å²) in [5.74, 6) is 1.26. The minimum absolute atomic E-state index is 0.421. The van der Waals surface area contributed by atoms with E-state index >= 15 is 0 Å². The molecule has 0 aromatic heterocycles. The van der Waals surface area contributed by atoms with Crippen LogP contribution in [0.25, 0.3) is 0 Å². The van der Waals surface area contributed by atoms with Crippen LogP contribution in [-0.4, -0.2) is 67.6 Å². The summed E-state index contributed by atoms with van der Waals surface area (Å²) >= 11 is 8.11. The van der Waals surface area contributed by atoms with Gasteiger partial charge in [0, 0.05) is 0 Å².